The summed E-state index contributed by atoms with van der Waals surface area (Å²) >= 11 is 0. The van der Waals surface area contributed by atoms with Crippen molar-refractivity contribution >= 4 is 10.1 Å². The second-order valence-electron chi connectivity index (χ2n) is 3.23. The van der Waals surface area contributed by atoms with Crippen molar-refractivity contribution in [1.29, 1.82) is 0 Å². The first kappa shape index (κ1) is 12.8. The summed E-state index contributed by atoms with van der Waals surface area (Å²) in [5.74, 6) is -0.732. The molecule has 80 valence electrons. The fraction of sp³-hybridized carbons (Fsp3) is 1.00. The van der Waals surface area contributed by atoms with Crippen molar-refractivity contribution in [2.24, 2.45) is 5.92 Å². The van der Waals surface area contributed by atoms with Crippen molar-refractivity contribution in [2.75, 3.05) is 12.4 Å². The maximum absolute atomic E-state index is 10.2. The number of hydrogen-bond donors (Lipinski definition) is 2. The molecule has 0 bridgehead atoms. The van der Waals surface area contributed by atoms with Crippen LogP contribution in [0.2, 0.25) is 0 Å². The van der Waals surface area contributed by atoms with Crippen LogP contribution in [0, 0.1) is 5.92 Å². The first-order valence-electron chi connectivity index (χ1n) is 4.07. The third kappa shape index (κ3) is 8.17. The highest BCUT2D eigenvalue weighted by Crippen LogP contribution is 2.10. The van der Waals surface area contributed by atoms with Gasteiger partial charge in [-0.05, 0) is 18.8 Å². The van der Waals surface area contributed by atoms with Crippen molar-refractivity contribution in [3.63, 3.8) is 0 Å². The van der Waals surface area contributed by atoms with E-state index in [0.29, 0.717) is 6.42 Å². The highest BCUT2D eigenvalue weighted by molar-refractivity contribution is 7.85. The molecule has 0 fully saturated rings. The summed E-state index contributed by atoms with van der Waals surface area (Å²) in [6.07, 6.45) is -0.401. The lowest BCUT2D eigenvalue weighted by Crippen LogP contribution is -2.22. The van der Waals surface area contributed by atoms with Gasteiger partial charge in [-0.15, -0.1) is 0 Å². The van der Waals surface area contributed by atoms with E-state index in [-0.39, 0.29) is 18.9 Å². The molecule has 0 aromatic heterocycles. The molecule has 0 aromatic carbocycles. The molecule has 0 saturated carbocycles. The van der Waals surface area contributed by atoms with Gasteiger partial charge in [0.15, 0.2) is 0 Å². The van der Waals surface area contributed by atoms with Gasteiger partial charge in [-0.1, -0.05) is 6.92 Å². The van der Waals surface area contributed by atoms with Crippen LogP contribution in [-0.2, 0) is 10.1 Å². The number of hydrogen-bond acceptors (Lipinski definition) is 5. The Hall–Kier alpha value is -0.170. The van der Waals surface area contributed by atoms with Crippen LogP contribution in [0.5, 0.6) is 0 Å². The molecular formula is C7H15O5S-. The Kier molecular flexibility index (Phi) is 5.46. The summed E-state index contributed by atoms with van der Waals surface area (Å²) in [7, 11) is -4.35. The Morgan fingerprint density at radius 2 is 2.00 bits per heavy atom. The predicted octanol–water partition coefficient (Wildman–Crippen LogP) is -0.699. The maximum atomic E-state index is 10.2. The Bertz CT molecular complexity index is 223. The largest absolute Gasteiger partial charge is 0.748 e. The van der Waals surface area contributed by atoms with Gasteiger partial charge in [0.2, 0.25) is 0 Å². The number of aliphatic hydroxyl groups is 2. The third-order valence-electron chi connectivity index (χ3n) is 1.69. The lowest BCUT2D eigenvalue weighted by atomic mass is 10.0. The molecule has 2 N–H and O–H groups in total. The quantitative estimate of drug-likeness (QED) is 0.566. The van der Waals surface area contributed by atoms with E-state index < -0.39 is 22.0 Å². The molecule has 0 aromatic rings. The molecule has 2 unspecified atom stereocenters. The monoisotopic (exact) mass is 211 g/mol. The van der Waals surface area contributed by atoms with Crippen LogP contribution in [-0.4, -0.2) is 41.6 Å². The van der Waals surface area contributed by atoms with Crippen LogP contribution in [0.25, 0.3) is 0 Å². The minimum absolute atomic E-state index is 0.00197. The van der Waals surface area contributed by atoms with Crippen LogP contribution in [0.4, 0.5) is 0 Å². The molecular weight excluding hydrogens is 196 g/mol. The van der Waals surface area contributed by atoms with Crippen molar-refractivity contribution in [1.82, 2.24) is 0 Å². The third-order valence-corrected chi connectivity index (χ3v) is 2.49. The molecule has 5 nitrogen and oxygen atoms in total. The molecule has 13 heavy (non-hydrogen) atoms. The van der Waals surface area contributed by atoms with Gasteiger partial charge in [0, 0.05) is 6.61 Å². The highest BCUT2D eigenvalue weighted by Gasteiger charge is 2.12. The van der Waals surface area contributed by atoms with Crippen LogP contribution >= 0.6 is 0 Å². The van der Waals surface area contributed by atoms with E-state index in [4.69, 9.17) is 10.2 Å². The zero-order chi connectivity index (χ0) is 10.5. The van der Waals surface area contributed by atoms with Gasteiger partial charge < -0.3 is 14.8 Å². The fourth-order valence-electron chi connectivity index (χ4n) is 1.11. The Morgan fingerprint density at radius 1 is 1.46 bits per heavy atom. The van der Waals surface area contributed by atoms with Crippen LogP contribution in [0.1, 0.15) is 19.8 Å². The van der Waals surface area contributed by atoms with Crippen molar-refractivity contribution in [2.45, 2.75) is 25.9 Å². The summed E-state index contributed by atoms with van der Waals surface area (Å²) in [4.78, 5) is 0. The van der Waals surface area contributed by atoms with Gasteiger partial charge in [-0.25, -0.2) is 8.42 Å². The molecule has 0 saturated heterocycles. The Balaban J connectivity index is 3.80. The molecule has 0 aliphatic rings. The Labute approximate surface area is 78.1 Å². The lowest BCUT2D eigenvalue weighted by molar-refractivity contribution is 0.153. The molecule has 0 aliphatic carbocycles. The maximum Gasteiger partial charge on any atom is 0.0971 e. The zero-order valence-corrected chi connectivity index (χ0v) is 8.33. The Morgan fingerprint density at radius 3 is 2.38 bits per heavy atom. The van der Waals surface area contributed by atoms with Crippen LogP contribution in [0.3, 0.4) is 0 Å². The second kappa shape index (κ2) is 5.54. The summed E-state index contributed by atoms with van der Waals surface area (Å²) in [5, 5.41) is 17.6. The van der Waals surface area contributed by atoms with Crippen molar-refractivity contribution in [3.8, 4) is 0 Å². The van der Waals surface area contributed by atoms with E-state index in [2.05, 4.69) is 0 Å². The first-order chi connectivity index (χ1) is 5.85. The van der Waals surface area contributed by atoms with Crippen LogP contribution < -0.4 is 0 Å². The van der Waals surface area contributed by atoms with Gasteiger partial charge in [0.1, 0.15) is 0 Å². The highest BCUT2D eigenvalue weighted by atomic mass is 32.2. The lowest BCUT2D eigenvalue weighted by Gasteiger charge is -2.16. The molecule has 0 aliphatic heterocycles. The zero-order valence-electron chi connectivity index (χ0n) is 7.51. The summed E-state index contributed by atoms with van der Waals surface area (Å²) in [6, 6.07) is 0. The smallest absolute Gasteiger partial charge is 0.0971 e. The number of aliphatic hydroxyl groups excluding tert-OH is 2. The first-order valence-corrected chi connectivity index (χ1v) is 5.65. The molecule has 0 amide bonds. The summed E-state index contributed by atoms with van der Waals surface area (Å²) in [6.45, 7) is 1.77. The van der Waals surface area contributed by atoms with Crippen LogP contribution in [0.15, 0.2) is 0 Å². The summed E-state index contributed by atoms with van der Waals surface area (Å²) in [5.41, 5.74) is 0. The van der Waals surface area contributed by atoms with E-state index in [0.717, 1.165) is 0 Å². The normalized spacial score (nSPS) is 16.9. The van der Waals surface area contributed by atoms with E-state index in [1.165, 1.54) is 0 Å². The second-order valence-corrected chi connectivity index (χ2v) is 4.68. The van der Waals surface area contributed by atoms with Gasteiger partial charge in [0.05, 0.1) is 22.0 Å². The minimum atomic E-state index is -4.35. The predicted molar refractivity (Wildman–Crippen MR) is 46.1 cm³/mol. The summed E-state index contributed by atoms with van der Waals surface area (Å²) < 4.78 is 30.6. The number of rotatable bonds is 6. The molecule has 0 spiro atoms. The van der Waals surface area contributed by atoms with Gasteiger partial charge >= 0.3 is 0 Å². The van der Waals surface area contributed by atoms with Gasteiger partial charge in [-0.2, -0.15) is 0 Å². The van der Waals surface area contributed by atoms with Gasteiger partial charge in [0.25, 0.3) is 0 Å². The molecule has 0 rings (SSSR count). The van der Waals surface area contributed by atoms with Crippen molar-refractivity contribution in [3.05, 3.63) is 0 Å². The van der Waals surface area contributed by atoms with E-state index >= 15 is 0 Å². The average Bonchev–Trinajstić information content (AvgIpc) is 1.81. The molecule has 0 heterocycles. The van der Waals surface area contributed by atoms with E-state index in [9.17, 15) is 13.0 Å². The van der Waals surface area contributed by atoms with E-state index in [1.807, 2.05) is 0 Å². The molecule has 6 heteroatoms. The van der Waals surface area contributed by atoms with Crippen molar-refractivity contribution < 1.29 is 23.2 Å². The SMILES string of the molecule is CC(CCO)CC(O)CS(=O)(=O)[O-]. The minimum Gasteiger partial charge on any atom is -0.748 e. The molecule has 0 radical (unpaired) electrons. The fourth-order valence-corrected chi connectivity index (χ4v) is 1.71. The standard InChI is InChI=1S/C7H16O5S/c1-6(2-3-8)4-7(9)5-13(10,11)12/h6-9H,2-5H2,1H3,(H,10,11,12)/p-1. The van der Waals surface area contributed by atoms with E-state index in [1.54, 1.807) is 6.92 Å². The molecule has 2 atom stereocenters. The van der Waals surface area contributed by atoms with Gasteiger partial charge in [-0.3, -0.25) is 0 Å². The average molecular weight is 211 g/mol. The topological polar surface area (TPSA) is 97.7 Å².